The number of rotatable bonds is 9. The number of nitrogens with two attached hydrogens (primary N) is 2. The second-order valence-electron chi connectivity index (χ2n) is 10.0. The van der Waals surface area contributed by atoms with Crippen molar-refractivity contribution in [2.24, 2.45) is 11.5 Å². The number of ether oxygens (including phenoxy) is 1. The number of amides is 2. The molecule has 0 spiro atoms. The third kappa shape index (κ3) is 4.74. The van der Waals surface area contributed by atoms with Crippen molar-refractivity contribution in [3.05, 3.63) is 42.0 Å². The number of hydrogen-bond donors (Lipinski definition) is 3. The molecule has 1 aliphatic carbocycles. The fourth-order valence-electron chi connectivity index (χ4n) is 5.57. The van der Waals surface area contributed by atoms with E-state index in [9.17, 15) is 9.59 Å². The van der Waals surface area contributed by atoms with Gasteiger partial charge in [0.15, 0.2) is 11.4 Å². The van der Waals surface area contributed by atoms with Crippen molar-refractivity contribution >= 4 is 28.5 Å². The molecule has 0 aliphatic heterocycles. The minimum atomic E-state index is -0.466. The van der Waals surface area contributed by atoms with Crippen LogP contribution in [0.2, 0.25) is 0 Å². The SMILES string of the molecule is COc1cc(-c2[nH]c3ccc(C4CCC(N(CC(N)=O)CC(N)=O)C4)nc3c2C(C)C)cn2ncnc12. The van der Waals surface area contributed by atoms with E-state index in [1.165, 1.54) is 6.33 Å². The first-order valence-electron chi connectivity index (χ1n) is 12.5. The Morgan fingerprint density at radius 2 is 1.97 bits per heavy atom. The average molecular weight is 505 g/mol. The Labute approximate surface area is 214 Å². The van der Waals surface area contributed by atoms with Crippen LogP contribution in [0.1, 0.15) is 56.2 Å². The van der Waals surface area contributed by atoms with E-state index < -0.39 is 11.8 Å². The molecule has 11 nitrogen and oxygen atoms in total. The quantitative estimate of drug-likeness (QED) is 0.315. The molecule has 4 aromatic rings. The molecular formula is C26H32N8O3. The van der Waals surface area contributed by atoms with Crippen LogP contribution in [-0.4, -0.2) is 67.5 Å². The van der Waals surface area contributed by atoms with Crippen molar-refractivity contribution in [2.75, 3.05) is 20.2 Å². The first-order chi connectivity index (χ1) is 17.7. The van der Waals surface area contributed by atoms with Gasteiger partial charge in [-0.15, -0.1) is 0 Å². The van der Waals surface area contributed by atoms with E-state index in [2.05, 4.69) is 41.0 Å². The molecule has 37 heavy (non-hydrogen) atoms. The lowest BCUT2D eigenvalue weighted by Crippen LogP contribution is -2.44. The highest BCUT2D eigenvalue weighted by atomic mass is 16.5. The van der Waals surface area contributed by atoms with E-state index in [0.29, 0.717) is 11.4 Å². The third-order valence-corrected chi connectivity index (χ3v) is 7.19. The zero-order valence-corrected chi connectivity index (χ0v) is 21.3. The summed E-state index contributed by atoms with van der Waals surface area (Å²) in [5, 5.41) is 4.30. The molecule has 1 saturated carbocycles. The van der Waals surface area contributed by atoms with Crippen molar-refractivity contribution < 1.29 is 14.3 Å². The molecule has 1 fully saturated rings. The summed E-state index contributed by atoms with van der Waals surface area (Å²) in [7, 11) is 1.62. The smallest absolute Gasteiger partial charge is 0.231 e. The van der Waals surface area contributed by atoms with Gasteiger partial charge in [-0.3, -0.25) is 19.5 Å². The van der Waals surface area contributed by atoms with E-state index in [4.69, 9.17) is 21.2 Å². The molecule has 2 unspecified atom stereocenters. The number of methoxy groups -OCH3 is 1. The lowest BCUT2D eigenvalue weighted by Gasteiger charge is -2.26. The van der Waals surface area contributed by atoms with E-state index in [1.54, 1.807) is 16.5 Å². The Balaban J connectivity index is 1.50. The van der Waals surface area contributed by atoms with Crippen molar-refractivity contribution in [3.63, 3.8) is 0 Å². The maximum atomic E-state index is 11.6. The number of primary amides is 2. The van der Waals surface area contributed by atoms with Crippen LogP contribution in [0.4, 0.5) is 0 Å². The number of nitrogens with one attached hydrogen (secondary N) is 1. The largest absolute Gasteiger partial charge is 0.493 e. The number of pyridine rings is 2. The summed E-state index contributed by atoms with van der Waals surface area (Å²) in [5.41, 5.74) is 17.4. The van der Waals surface area contributed by atoms with E-state index in [-0.39, 0.29) is 31.0 Å². The normalized spacial score (nSPS) is 17.9. The van der Waals surface area contributed by atoms with Crippen LogP contribution in [-0.2, 0) is 9.59 Å². The van der Waals surface area contributed by atoms with Gasteiger partial charge in [0.1, 0.15) is 6.33 Å². The third-order valence-electron chi connectivity index (χ3n) is 7.19. The minimum Gasteiger partial charge on any atom is -0.493 e. The second-order valence-corrected chi connectivity index (χ2v) is 10.0. The van der Waals surface area contributed by atoms with Gasteiger partial charge in [0, 0.05) is 35.0 Å². The highest BCUT2D eigenvalue weighted by molar-refractivity contribution is 5.89. The van der Waals surface area contributed by atoms with E-state index >= 15 is 0 Å². The lowest BCUT2D eigenvalue weighted by atomic mass is 9.97. The molecule has 2 atom stereocenters. The van der Waals surface area contributed by atoms with Crippen LogP contribution in [0.5, 0.6) is 5.75 Å². The van der Waals surface area contributed by atoms with Crippen LogP contribution >= 0.6 is 0 Å². The molecule has 0 radical (unpaired) electrons. The lowest BCUT2D eigenvalue weighted by molar-refractivity contribution is -0.122. The Morgan fingerprint density at radius 1 is 1.22 bits per heavy atom. The van der Waals surface area contributed by atoms with Crippen molar-refractivity contribution in [1.29, 1.82) is 0 Å². The highest BCUT2D eigenvalue weighted by Gasteiger charge is 2.32. The number of H-pyrrole nitrogens is 1. The molecule has 5 N–H and O–H groups in total. The van der Waals surface area contributed by atoms with Crippen molar-refractivity contribution in [3.8, 4) is 17.0 Å². The fraction of sp³-hybridized carbons (Fsp3) is 0.423. The zero-order chi connectivity index (χ0) is 26.3. The van der Waals surface area contributed by atoms with Gasteiger partial charge in [0.05, 0.1) is 36.9 Å². The van der Waals surface area contributed by atoms with Crippen LogP contribution in [0.25, 0.3) is 27.9 Å². The summed E-state index contributed by atoms with van der Waals surface area (Å²) in [6.07, 6.45) is 5.99. The standard InChI is InChI=1S/C26H32N8O3/c1-14(2)23-24(16-9-20(37-3)26-29-13-30-34(26)10-16)32-19-7-6-18(31-25(19)23)15-4-5-17(8-15)33(11-21(27)35)12-22(28)36/h6-7,9-10,13-15,17,32H,4-5,8,11-12H2,1-3H3,(H2,27,35)(H2,28,36). The predicted molar refractivity (Wildman–Crippen MR) is 139 cm³/mol. The molecule has 2 amide bonds. The molecule has 4 heterocycles. The molecule has 1 aliphatic rings. The Kier molecular flexibility index (Phi) is 6.55. The highest BCUT2D eigenvalue weighted by Crippen LogP contribution is 2.40. The molecule has 0 saturated heterocycles. The van der Waals surface area contributed by atoms with Crippen LogP contribution in [0, 0.1) is 0 Å². The number of aromatic nitrogens is 5. The number of carbonyl (C=O) groups is 2. The van der Waals surface area contributed by atoms with Gasteiger partial charge >= 0.3 is 0 Å². The Hall–Kier alpha value is -3.99. The maximum absolute atomic E-state index is 11.6. The topological polar surface area (TPSA) is 158 Å². The fourth-order valence-corrected chi connectivity index (χ4v) is 5.57. The minimum absolute atomic E-state index is 0.0189. The summed E-state index contributed by atoms with van der Waals surface area (Å²) in [4.78, 5) is 37.9. The summed E-state index contributed by atoms with van der Waals surface area (Å²) in [5.74, 6) is 0.132. The molecule has 0 bridgehead atoms. The van der Waals surface area contributed by atoms with Gasteiger partial charge in [0.25, 0.3) is 0 Å². The first-order valence-corrected chi connectivity index (χ1v) is 12.5. The molecule has 194 valence electrons. The van der Waals surface area contributed by atoms with Gasteiger partial charge in [-0.05, 0) is 43.4 Å². The zero-order valence-electron chi connectivity index (χ0n) is 21.3. The van der Waals surface area contributed by atoms with Crippen LogP contribution < -0.4 is 16.2 Å². The van der Waals surface area contributed by atoms with Gasteiger partial charge in [0.2, 0.25) is 11.8 Å². The van der Waals surface area contributed by atoms with Gasteiger partial charge in [-0.1, -0.05) is 13.8 Å². The van der Waals surface area contributed by atoms with Gasteiger partial charge in [-0.25, -0.2) is 9.50 Å². The van der Waals surface area contributed by atoms with Crippen LogP contribution in [0.3, 0.4) is 0 Å². The van der Waals surface area contributed by atoms with Crippen molar-refractivity contribution in [2.45, 2.75) is 51.0 Å². The summed E-state index contributed by atoms with van der Waals surface area (Å²) in [6.45, 7) is 4.35. The first kappa shape index (κ1) is 24.7. The van der Waals surface area contributed by atoms with E-state index in [1.807, 2.05) is 12.3 Å². The van der Waals surface area contributed by atoms with Crippen molar-refractivity contribution in [1.82, 2.24) is 29.5 Å². The second kappa shape index (κ2) is 9.81. The maximum Gasteiger partial charge on any atom is 0.231 e. The predicted octanol–water partition coefficient (Wildman–Crippen LogP) is 2.31. The summed E-state index contributed by atoms with van der Waals surface area (Å²) >= 11 is 0. The van der Waals surface area contributed by atoms with Gasteiger partial charge in [-0.2, -0.15) is 5.10 Å². The molecule has 0 aromatic carbocycles. The molecule has 11 heteroatoms. The average Bonchev–Trinajstić information content (AvgIpc) is 3.59. The van der Waals surface area contributed by atoms with Gasteiger partial charge < -0.3 is 21.2 Å². The number of nitrogens with zero attached hydrogens (tertiary/aromatic N) is 5. The van der Waals surface area contributed by atoms with Crippen LogP contribution in [0.15, 0.2) is 30.7 Å². The number of aromatic amines is 1. The molecule has 5 rings (SSSR count). The Morgan fingerprint density at radius 3 is 2.65 bits per heavy atom. The van der Waals surface area contributed by atoms with E-state index in [0.717, 1.165) is 52.8 Å². The summed E-state index contributed by atoms with van der Waals surface area (Å²) < 4.78 is 7.29. The monoisotopic (exact) mass is 504 g/mol. The molecular weight excluding hydrogens is 472 g/mol. The Bertz CT molecular complexity index is 1460. The number of fused-ring (bicyclic) bond motifs is 2. The number of carbonyl (C=O) groups excluding carboxylic acids is 2. The molecule has 4 aromatic heterocycles. The summed E-state index contributed by atoms with van der Waals surface area (Å²) in [6, 6.07) is 6.16. The number of hydrogen-bond acceptors (Lipinski definition) is 7.